The summed E-state index contributed by atoms with van der Waals surface area (Å²) in [7, 11) is 0. The maximum Gasteiger partial charge on any atom is 0.132 e. The topological polar surface area (TPSA) is 52.8 Å². The molecule has 1 aliphatic carbocycles. The summed E-state index contributed by atoms with van der Waals surface area (Å²) < 4.78 is 23.1. The van der Waals surface area contributed by atoms with Crippen molar-refractivity contribution >= 4 is 28.2 Å². The molecule has 3 heterocycles. The zero-order valence-corrected chi connectivity index (χ0v) is 19.8. The van der Waals surface area contributed by atoms with E-state index >= 15 is 0 Å². The maximum atomic E-state index is 15.0. The Balaban J connectivity index is 1.48. The van der Waals surface area contributed by atoms with Crippen molar-refractivity contribution in [2.45, 2.75) is 45.3 Å². The van der Waals surface area contributed by atoms with Crippen LogP contribution in [0.3, 0.4) is 0 Å². The van der Waals surface area contributed by atoms with Crippen molar-refractivity contribution < 1.29 is 9.13 Å². The van der Waals surface area contributed by atoms with Gasteiger partial charge in [-0.3, -0.25) is 4.68 Å². The average molecular weight is 475 g/mol. The van der Waals surface area contributed by atoms with E-state index in [2.05, 4.69) is 17.4 Å². The fourth-order valence-electron chi connectivity index (χ4n) is 4.51. The summed E-state index contributed by atoms with van der Waals surface area (Å²) in [4.78, 5) is 9.56. The van der Waals surface area contributed by atoms with E-state index in [0.717, 1.165) is 40.0 Å². The number of hydrogen-bond acceptors (Lipinski definition) is 4. The van der Waals surface area contributed by atoms with E-state index in [1.165, 1.54) is 18.9 Å². The fraction of sp³-hybridized carbons (Fsp3) is 0.296. The largest absolute Gasteiger partial charge is 0.369 e. The highest BCUT2D eigenvalue weighted by atomic mass is 35.5. The average Bonchev–Trinajstić information content (AvgIpc) is 3.56. The highest BCUT2D eigenvalue weighted by Gasteiger charge is 2.26. The van der Waals surface area contributed by atoms with Gasteiger partial charge in [-0.05, 0) is 80.7 Å². The van der Waals surface area contributed by atoms with Gasteiger partial charge in [0.25, 0.3) is 0 Å². The lowest BCUT2D eigenvalue weighted by molar-refractivity contribution is 0.0827. The van der Waals surface area contributed by atoms with Crippen LogP contribution in [0.25, 0.3) is 27.7 Å². The Kier molecular flexibility index (Phi) is 5.23. The number of nitrogens with zero attached hydrogens (tertiary/aromatic N) is 4. The molecule has 1 fully saturated rings. The molecule has 1 atom stereocenters. The molecule has 1 aliphatic heterocycles. The van der Waals surface area contributed by atoms with Gasteiger partial charge in [0.15, 0.2) is 0 Å². The number of hydrogen-bond donors (Lipinski definition) is 0. The molecule has 34 heavy (non-hydrogen) atoms. The molecule has 1 unspecified atom stereocenters. The first-order chi connectivity index (χ1) is 16.5. The van der Waals surface area contributed by atoms with Crippen LogP contribution in [0.2, 0.25) is 5.02 Å². The predicted molar refractivity (Wildman–Crippen MR) is 131 cm³/mol. The van der Waals surface area contributed by atoms with Gasteiger partial charge in [-0.2, -0.15) is 5.10 Å². The van der Waals surface area contributed by atoms with Gasteiger partial charge in [0.1, 0.15) is 11.9 Å². The van der Waals surface area contributed by atoms with Crippen LogP contribution in [-0.4, -0.2) is 26.4 Å². The van der Waals surface area contributed by atoms with E-state index in [4.69, 9.17) is 26.3 Å². The third-order valence-corrected chi connectivity index (χ3v) is 6.90. The van der Waals surface area contributed by atoms with E-state index in [1.807, 2.05) is 36.9 Å². The van der Waals surface area contributed by atoms with Crippen molar-refractivity contribution in [3.8, 4) is 11.1 Å². The Bertz CT molecular complexity index is 1460. The van der Waals surface area contributed by atoms with E-state index in [0.29, 0.717) is 34.3 Å². The highest BCUT2D eigenvalue weighted by molar-refractivity contribution is 6.30. The molecular formula is C27H24ClFN4O. The Labute approximate surface area is 202 Å². The van der Waals surface area contributed by atoms with Gasteiger partial charge >= 0.3 is 0 Å². The SMILES string of the molecule is Cc1nc2cc(C3=CC(c4cnn(C5CC5)c4)OCC3)cc(-c3ccc(Cl)cc3F)c2nc1C. The first-order valence-corrected chi connectivity index (χ1v) is 12.0. The van der Waals surface area contributed by atoms with E-state index < -0.39 is 0 Å². The summed E-state index contributed by atoms with van der Waals surface area (Å²) in [5.41, 5.74) is 7.49. The minimum absolute atomic E-state index is 0.159. The first kappa shape index (κ1) is 21.4. The molecule has 0 saturated heterocycles. The molecule has 5 nitrogen and oxygen atoms in total. The van der Waals surface area contributed by atoms with Gasteiger partial charge in [0.2, 0.25) is 0 Å². The lowest BCUT2D eigenvalue weighted by Crippen LogP contribution is -2.10. The molecule has 1 saturated carbocycles. The molecule has 0 bridgehead atoms. The minimum Gasteiger partial charge on any atom is -0.369 e. The van der Waals surface area contributed by atoms with Crippen LogP contribution >= 0.6 is 11.6 Å². The second-order valence-electron chi connectivity index (χ2n) is 9.13. The predicted octanol–water partition coefficient (Wildman–Crippen LogP) is 6.78. The number of aromatic nitrogens is 4. The zero-order chi connectivity index (χ0) is 23.4. The second kappa shape index (κ2) is 8.29. The van der Waals surface area contributed by atoms with Gasteiger partial charge in [-0.25, -0.2) is 14.4 Å². The Morgan fingerprint density at radius 3 is 2.68 bits per heavy atom. The first-order valence-electron chi connectivity index (χ1n) is 11.6. The molecule has 0 spiro atoms. The Morgan fingerprint density at radius 1 is 1.06 bits per heavy atom. The molecule has 0 N–H and O–H groups in total. The molecule has 2 aromatic carbocycles. The van der Waals surface area contributed by atoms with Crippen molar-refractivity contribution in [2.24, 2.45) is 0 Å². The summed E-state index contributed by atoms with van der Waals surface area (Å²) in [6, 6.07) is 9.34. The van der Waals surface area contributed by atoms with Crippen molar-refractivity contribution in [1.29, 1.82) is 0 Å². The Hall–Kier alpha value is -3.09. The number of aryl methyl sites for hydroxylation is 2. The van der Waals surface area contributed by atoms with Crippen LogP contribution in [0.1, 0.15) is 53.9 Å². The molecule has 4 aromatic rings. The number of fused-ring (bicyclic) bond motifs is 1. The molecule has 172 valence electrons. The van der Waals surface area contributed by atoms with Gasteiger partial charge in [0.05, 0.1) is 41.3 Å². The van der Waals surface area contributed by atoms with Gasteiger partial charge in [0, 0.05) is 27.9 Å². The van der Waals surface area contributed by atoms with Crippen LogP contribution in [0, 0.1) is 19.7 Å². The van der Waals surface area contributed by atoms with Crippen LogP contribution in [0.5, 0.6) is 0 Å². The summed E-state index contributed by atoms with van der Waals surface area (Å²) in [5.74, 6) is -0.377. The van der Waals surface area contributed by atoms with Crippen LogP contribution in [0.4, 0.5) is 4.39 Å². The quantitative estimate of drug-likeness (QED) is 0.327. The second-order valence-corrected chi connectivity index (χ2v) is 9.56. The molecule has 0 radical (unpaired) electrons. The molecule has 6 rings (SSSR count). The van der Waals surface area contributed by atoms with Crippen molar-refractivity contribution in [2.75, 3.05) is 6.61 Å². The summed E-state index contributed by atoms with van der Waals surface area (Å²) >= 11 is 6.02. The molecule has 0 amide bonds. The van der Waals surface area contributed by atoms with Crippen LogP contribution < -0.4 is 0 Å². The zero-order valence-electron chi connectivity index (χ0n) is 19.1. The van der Waals surface area contributed by atoms with E-state index in [1.54, 1.807) is 12.1 Å². The van der Waals surface area contributed by atoms with Gasteiger partial charge in [-0.1, -0.05) is 11.6 Å². The fourth-order valence-corrected chi connectivity index (χ4v) is 4.67. The highest BCUT2D eigenvalue weighted by Crippen LogP contribution is 2.38. The van der Waals surface area contributed by atoms with Crippen LogP contribution in [0.15, 0.2) is 48.8 Å². The Morgan fingerprint density at radius 2 is 1.88 bits per heavy atom. The minimum atomic E-state index is -0.377. The molecule has 2 aromatic heterocycles. The smallest absolute Gasteiger partial charge is 0.132 e. The van der Waals surface area contributed by atoms with E-state index in [9.17, 15) is 4.39 Å². The third-order valence-electron chi connectivity index (χ3n) is 6.67. The summed E-state index contributed by atoms with van der Waals surface area (Å²) in [6.07, 6.45) is 9.12. The normalized spacial score (nSPS) is 18.4. The van der Waals surface area contributed by atoms with Crippen LogP contribution in [-0.2, 0) is 4.74 Å². The number of benzene rings is 2. The molecular weight excluding hydrogens is 451 g/mol. The molecule has 7 heteroatoms. The number of ether oxygens (including phenoxy) is 1. The standard InChI is InChI=1S/C27H24ClFN4O/c1-15-16(2)32-27-23(22-6-3-20(28)12-24(22)29)9-18(10-25(27)31-15)17-7-8-34-26(11-17)19-13-30-33(14-19)21-4-5-21/h3,6,9-14,21,26H,4-5,7-8H2,1-2H3. The lowest BCUT2D eigenvalue weighted by atomic mass is 9.93. The number of halogens is 2. The summed E-state index contributed by atoms with van der Waals surface area (Å²) in [5, 5.41) is 4.88. The number of rotatable bonds is 4. The van der Waals surface area contributed by atoms with Crippen molar-refractivity contribution in [3.63, 3.8) is 0 Å². The van der Waals surface area contributed by atoms with Crippen molar-refractivity contribution in [1.82, 2.24) is 19.7 Å². The van der Waals surface area contributed by atoms with E-state index in [-0.39, 0.29) is 11.9 Å². The monoisotopic (exact) mass is 474 g/mol. The van der Waals surface area contributed by atoms with Gasteiger partial charge in [-0.15, -0.1) is 0 Å². The summed E-state index contributed by atoms with van der Waals surface area (Å²) in [6.45, 7) is 4.47. The van der Waals surface area contributed by atoms with Gasteiger partial charge < -0.3 is 4.74 Å². The maximum absolute atomic E-state index is 15.0. The third kappa shape index (κ3) is 3.91. The van der Waals surface area contributed by atoms with Crippen molar-refractivity contribution in [3.05, 3.63) is 82.2 Å². The lowest BCUT2D eigenvalue weighted by Gasteiger charge is -2.22. The molecule has 2 aliphatic rings.